The summed E-state index contributed by atoms with van der Waals surface area (Å²) in [6.07, 6.45) is 0. The van der Waals surface area contributed by atoms with Crippen molar-refractivity contribution in [2.24, 2.45) is 0 Å². The van der Waals surface area contributed by atoms with Gasteiger partial charge in [-0.15, -0.1) is 0 Å². The SMILES string of the molecule is CCNc1c(NC(=O)Nc2ccc(C(=O)OCC)cc2)c(=O)oc2ccccc12. The molecule has 8 heteroatoms. The second-order valence-electron chi connectivity index (χ2n) is 6.04. The van der Waals surface area contributed by atoms with Crippen LogP contribution < -0.4 is 21.6 Å². The zero-order valence-corrected chi connectivity index (χ0v) is 16.1. The highest BCUT2D eigenvalue weighted by atomic mass is 16.5. The van der Waals surface area contributed by atoms with Crippen LogP contribution in [-0.2, 0) is 4.74 Å². The van der Waals surface area contributed by atoms with Crippen LogP contribution in [0.1, 0.15) is 24.2 Å². The first-order valence-corrected chi connectivity index (χ1v) is 9.18. The van der Waals surface area contributed by atoms with E-state index in [9.17, 15) is 14.4 Å². The summed E-state index contributed by atoms with van der Waals surface area (Å²) >= 11 is 0. The second kappa shape index (κ2) is 8.92. The van der Waals surface area contributed by atoms with Crippen LogP contribution >= 0.6 is 0 Å². The quantitative estimate of drug-likeness (QED) is 0.429. The van der Waals surface area contributed by atoms with Crippen molar-refractivity contribution in [3.05, 3.63) is 64.5 Å². The number of amides is 2. The van der Waals surface area contributed by atoms with Gasteiger partial charge in [0.05, 0.1) is 17.9 Å². The third kappa shape index (κ3) is 4.55. The maximum Gasteiger partial charge on any atom is 0.362 e. The van der Waals surface area contributed by atoms with Crippen molar-refractivity contribution >= 4 is 40.0 Å². The molecule has 0 fully saturated rings. The number of rotatable bonds is 6. The van der Waals surface area contributed by atoms with Crippen LogP contribution in [0.15, 0.2) is 57.7 Å². The van der Waals surface area contributed by atoms with Gasteiger partial charge in [-0.05, 0) is 50.2 Å². The molecule has 0 unspecified atom stereocenters. The molecule has 2 amide bonds. The third-order valence-corrected chi connectivity index (χ3v) is 4.06. The van der Waals surface area contributed by atoms with E-state index >= 15 is 0 Å². The van der Waals surface area contributed by atoms with E-state index in [4.69, 9.17) is 9.15 Å². The molecule has 3 rings (SSSR count). The van der Waals surface area contributed by atoms with Crippen molar-refractivity contribution in [3.63, 3.8) is 0 Å². The van der Waals surface area contributed by atoms with E-state index in [2.05, 4.69) is 16.0 Å². The molecule has 0 bridgehead atoms. The largest absolute Gasteiger partial charge is 0.462 e. The van der Waals surface area contributed by atoms with Crippen LogP contribution in [0.25, 0.3) is 11.0 Å². The van der Waals surface area contributed by atoms with Crippen LogP contribution in [-0.4, -0.2) is 25.2 Å². The van der Waals surface area contributed by atoms with Crippen molar-refractivity contribution in [1.29, 1.82) is 0 Å². The lowest BCUT2D eigenvalue weighted by Gasteiger charge is -2.14. The number of carbonyl (C=O) groups excluding carboxylic acids is 2. The fraction of sp³-hybridized carbons (Fsp3) is 0.190. The standard InChI is InChI=1S/C21H21N3O5/c1-3-22-17-15-7-5-6-8-16(15)29-20(26)18(17)24-21(27)23-14-11-9-13(10-12-14)19(25)28-4-2/h5-12,22H,3-4H2,1-2H3,(H2,23,24,27). The number of urea groups is 1. The second-order valence-corrected chi connectivity index (χ2v) is 6.04. The van der Waals surface area contributed by atoms with Gasteiger partial charge in [0.1, 0.15) is 5.58 Å². The number of hydrogen-bond donors (Lipinski definition) is 3. The monoisotopic (exact) mass is 395 g/mol. The number of ether oxygens (including phenoxy) is 1. The summed E-state index contributed by atoms with van der Waals surface area (Å²) in [4.78, 5) is 36.5. The number of hydrogen-bond acceptors (Lipinski definition) is 6. The predicted octanol–water partition coefficient (Wildman–Crippen LogP) is 4.05. The lowest BCUT2D eigenvalue weighted by atomic mass is 10.2. The fourth-order valence-corrected chi connectivity index (χ4v) is 2.80. The van der Waals surface area contributed by atoms with Crippen molar-refractivity contribution in [3.8, 4) is 0 Å². The highest BCUT2D eigenvalue weighted by Gasteiger charge is 2.16. The molecule has 0 radical (unpaired) electrons. The molecule has 0 aliphatic carbocycles. The Labute approximate surface area is 166 Å². The average Bonchev–Trinajstić information content (AvgIpc) is 2.71. The summed E-state index contributed by atoms with van der Waals surface area (Å²) in [5.41, 5.74) is 1.10. The molecule has 0 aliphatic heterocycles. The minimum Gasteiger partial charge on any atom is -0.462 e. The van der Waals surface area contributed by atoms with Crippen LogP contribution in [0.5, 0.6) is 0 Å². The molecule has 8 nitrogen and oxygen atoms in total. The van der Waals surface area contributed by atoms with Crippen LogP contribution in [0.4, 0.5) is 21.9 Å². The zero-order chi connectivity index (χ0) is 20.8. The Morgan fingerprint density at radius 2 is 1.69 bits per heavy atom. The first kappa shape index (κ1) is 19.9. The van der Waals surface area contributed by atoms with E-state index in [1.54, 1.807) is 49.4 Å². The number of carbonyl (C=O) groups is 2. The molecule has 0 saturated carbocycles. The predicted molar refractivity (Wildman–Crippen MR) is 112 cm³/mol. The number of esters is 1. The molecule has 1 aromatic heterocycles. The summed E-state index contributed by atoms with van der Waals surface area (Å²) in [7, 11) is 0. The van der Waals surface area contributed by atoms with Gasteiger partial charge in [-0.1, -0.05) is 12.1 Å². The summed E-state index contributed by atoms with van der Waals surface area (Å²) in [6, 6.07) is 12.7. The minimum atomic E-state index is -0.660. The van der Waals surface area contributed by atoms with Gasteiger partial charge in [-0.3, -0.25) is 5.32 Å². The Morgan fingerprint density at radius 1 is 0.966 bits per heavy atom. The van der Waals surface area contributed by atoms with Gasteiger partial charge >= 0.3 is 17.6 Å². The van der Waals surface area contributed by atoms with Crippen molar-refractivity contribution in [2.45, 2.75) is 13.8 Å². The van der Waals surface area contributed by atoms with Gasteiger partial charge in [-0.25, -0.2) is 14.4 Å². The normalized spacial score (nSPS) is 10.4. The number of nitrogens with one attached hydrogen (secondary N) is 3. The molecule has 3 aromatic rings. The van der Waals surface area contributed by atoms with Crippen molar-refractivity contribution in [2.75, 3.05) is 29.1 Å². The Kier molecular flexibility index (Phi) is 6.13. The van der Waals surface area contributed by atoms with Crippen molar-refractivity contribution in [1.82, 2.24) is 0 Å². The highest BCUT2D eigenvalue weighted by Crippen LogP contribution is 2.28. The fourth-order valence-electron chi connectivity index (χ4n) is 2.80. The number of anilines is 3. The number of fused-ring (bicyclic) bond motifs is 1. The Bertz CT molecular complexity index is 1090. The minimum absolute atomic E-state index is 0.0196. The highest BCUT2D eigenvalue weighted by molar-refractivity contribution is 6.05. The summed E-state index contributed by atoms with van der Waals surface area (Å²) < 4.78 is 10.2. The molecular formula is C21H21N3O5. The van der Waals surface area contributed by atoms with Gasteiger partial charge in [0, 0.05) is 17.6 Å². The van der Waals surface area contributed by atoms with E-state index in [1.807, 2.05) is 13.0 Å². The van der Waals surface area contributed by atoms with Gasteiger partial charge in [0.2, 0.25) is 0 Å². The van der Waals surface area contributed by atoms with E-state index < -0.39 is 17.6 Å². The first-order valence-electron chi connectivity index (χ1n) is 9.18. The van der Waals surface area contributed by atoms with Crippen LogP contribution in [0.2, 0.25) is 0 Å². The zero-order valence-electron chi connectivity index (χ0n) is 16.1. The topological polar surface area (TPSA) is 110 Å². The average molecular weight is 395 g/mol. The molecule has 1 heterocycles. The molecule has 0 aliphatic rings. The smallest absolute Gasteiger partial charge is 0.362 e. The molecule has 150 valence electrons. The Morgan fingerprint density at radius 3 is 2.38 bits per heavy atom. The van der Waals surface area contributed by atoms with E-state index in [1.165, 1.54) is 0 Å². The third-order valence-electron chi connectivity index (χ3n) is 4.06. The molecule has 3 N–H and O–H groups in total. The summed E-state index contributed by atoms with van der Waals surface area (Å²) in [6.45, 7) is 4.45. The van der Waals surface area contributed by atoms with E-state index in [0.29, 0.717) is 34.5 Å². The molecule has 0 saturated heterocycles. The van der Waals surface area contributed by atoms with E-state index in [0.717, 1.165) is 0 Å². The first-order chi connectivity index (χ1) is 14.0. The Hall–Kier alpha value is -3.81. The molecule has 0 atom stereocenters. The molecule has 0 spiro atoms. The maximum atomic E-state index is 12.4. The van der Waals surface area contributed by atoms with Gasteiger partial charge < -0.3 is 19.8 Å². The lowest BCUT2D eigenvalue weighted by Crippen LogP contribution is -2.24. The maximum absolute atomic E-state index is 12.4. The molecule has 2 aromatic carbocycles. The lowest BCUT2D eigenvalue weighted by molar-refractivity contribution is 0.0526. The summed E-state index contributed by atoms with van der Waals surface area (Å²) in [5, 5.41) is 8.96. The van der Waals surface area contributed by atoms with E-state index in [-0.39, 0.29) is 12.3 Å². The number of benzene rings is 2. The van der Waals surface area contributed by atoms with Gasteiger partial charge in [0.25, 0.3) is 0 Å². The van der Waals surface area contributed by atoms with Crippen LogP contribution in [0.3, 0.4) is 0 Å². The summed E-state index contributed by atoms with van der Waals surface area (Å²) in [5.74, 6) is -0.437. The molecule has 29 heavy (non-hydrogen) atoms. The van der Waals surface area contributed by atoms with Crippen LogP contribution in [0, 0.1) is 0 Å². The molecular weight excluding hydrogens is 374 g/mol. The Balaban J connectivity index is 1.81. The van der Waals surface area contributed by atoms with Gasteiger partial charge in [0.15, 0.2) is 5.69 Å². The van der Waals surface area contributed by atoms with Crippen molar-refractivity contribution < 1.29 is 18.7 Å². The number of para-hydroxylation sites is 1. The van der Waals surface area contributed by atoms with Gasteiger partial charge in [-0.2, -0.15) is 0 Å².